The summed E-state index contributed by atoms with van der Waals surface area (Å²) in [5, 5.41) is 8.97. The van der Waals surface area contributed by atoms with Gasteiger partial charge in [-0.1, -0.05) is 30.3 Å². The number of aliphatic carboxylic acids is 1. The minimum atomic E-state index is -1.07. The van der Waals surface area contributed by atoms with Gasteiger partial charge >= 0.3 is 5.97 Å². The highest BCUT2D eigenvalue weighted by molar-refractivity contribution is 5.87. The molecule has 1 atom stereocenters. The molecule has 1 amide bonds. The molecule has 1 unspecified atom stereocenters. The highest BCUT2D eigenvalue weighted by Gasteiger charge is 2.36. The number of hydrogen-bond acceptors (Lipinski definition) is 3. The number of nitrogens with zero attached hydrogens (tertiary/aromatic N) is 1. The normalized spacial score (nSPS) is 19.4. The Labute approximate surface area is 118 Å². The van der Waals surface area contributed by atoms with Crippen LogP contribution < -0.4 is 5.73 Å². The fourth-order valence-corrected chi connectivity index (χ4v) is 2.57. The molecule has 2 rings (SSSR count). The van der Waals surface area contributed by atoms with E-state index in [1.54, 1.807) is 11.8 Å². The van der Waals surface area contributed by atoms with Crippen molar-refractivity contribution in [3.05, 3.63) is 35.9 Å². The predicted octanol–water partition coefficient (Wildman–Crippen LogP) is 1.18. The molecule has 5 heteroatoms. The molecule has 1 aromatic rings. The highest BCUT2D eigenvalue weighted by atomic mass is 16.4. The molecule has 0 bridgehead atoms. The molecule has 5 nitrogen and oxygen atoms in total. The zero-order valence-corrected chi connectivity index (χ0v) is 11.6. The third-order valence-electron chi connectivity index (χ3n) is 3.95. The average Bonchev–Trinajstić information content (AvgIpc) is 2.47. The second-order valence-corrected chi connectivity index (χ2v) is 5.47. The molecule has 3 N–H and O–H groups in total. The van der Waals surface area contributed by atoms with Crippen molar-refractivity contribution in [3.8, 4) is 0 Å². The summed E-state index contributed by atoms with van der Waals surface area (Å²) in [6.45, 7) is 2.61. The number of piperidine rings is 1. The van der Waals surface area contributed by atoms with Gasteiger partial charge in [0.25, 0.3) is 0 Å². The molecule has 1 fully saturated rings. The molecule has 1 aliphatic heterocycles. The fourth-order valence-electron chi connectivity index (χ4n) is 2.57. The number of likely N-dealkylation sites (tertiary alicyclic amines) is 1. The summed E-state index contributed by atoms with van der Waals surface area (Å²) >= 11 is 0. The number of nitrogens with two attached hydrogens (primary N) is 1. The van der Waals surface area contributed by atoms with Crippen molar-refractivity contribution in [1.29, 1.82) is 0 Å². The van der Waals surface area contributed by atoms with Gasteiger partial charge in [-0.05, 0) is 25.3 Å². The van der Waals surface area contributed by atoms with Crippen LogP contribution in [0.4, 0.5) is 0 Å². The minimum absolute atomic E-state index is 0.146. The van der Waals surface area contributed by atoms with Gasteiger partial charge < -0.3 is 15.7 Å². The highest BCUT2D eigenvalue weighted by Crippen LogP contribution is 2.24. The summed E-state index contributed by atoms with van der Waals surface area (Å²) in [7, 11) is 0. The van der Waals surface area contributed by atoms with Gasteiger partial charge in [0.15, 0.2) is 0 Å². The summed E-state index contributed by atoms with van der Waals surface area (Å²) in [4.78, 5) is 25.1. The zero-order valence-electron chi connectivity index (χ0n) is 11.6. The van der Waals surface area contributed by atoms with Crippen molar-refractivity contribution in [2.45, 2.75) is 25.3 Å². The second kappa shape index (κ2) is 5.63. The molecule has 0 aliphatic carbocycles. The van der Waals surface area contributed by atoms with Crippen LogP contribution in [0.1, 0.15) is 25.3 Å². The van der Waals surface area contributed by atoms with Gasteiger partial charge in [-0.25, -0.2) is 0 Å². The van der Waals surface area contributed by atoms with Crippen LogP contribution >= 0.6 is 0 Å². The van der Waals surface area contributed by atoms with Gasteiger partial charge in [0.2, 0.25) is 5.91 Å². The van der Waals surface area contributed by atoms with Crippen LogP contribution in [0.2, 0.25) is 0 Å². The molecule has 20 heavy (non-hydrogen) atoms. The fraction of sp³-hybridized carbons (Fsp3) is 0.467. The Balaban J connectivity index is 2.07. The van der Waals surface area contributed by atoms with E-state index >= 15 is 0 Å². The molecular formula is C15H20N2O3. The van der Waals surface area contributed by atoms with Gasteiger partial charge in [-0.3, -0.25) is 9.59 Å². The first-order valence-electron chi connectivity index (χ1n) is 6.79. The van der Waals surface area contributed by atoms with Gasteiger partial charge in [0.1, 0.15) is 5.54 Å². The standard InChI is InChI=1S/C15H20N2O3/c1-15(16,12-5-3-2-4-6-12)14(20)17-9-7-11(8-10-17)13(18)19/h2-6,11H,7-10,16H2,1H3,(H,18,19). The van der Waals surface area contributed by atoms with Crippen LogP contribution in [0.15, 0.2) is 30.3 Å². The first kappa shape index (κ1) is 14.5. The maximum absolute atomic E-state index is 12.6. The number of hydrogen-bond donors (Lipinski definition) is 2. The number of carboxylic acid groups (broad SMARTS) is 1. The monoisotopic (exact) mass is 276 g/mol. The molecule has 1 aromatic carbocycles. The number of carbonyl (C=O) groups excluding carboxylic acids is 1. The van der Waals surface area contributed by atoms with E-state index < -0.39 is 11.5 Å². The van der Waals surface area contributed by atoms with Crippen LogP contribution in [0.5, 0.6) is 0 Å². The SMILES string of the molecule is CC(N)(C(=O)N1CCC(C(=O)O)CC1)c1ccccc1. The van der Waals surface area contributed by atoms with E-state index in [1.807, 2.05) is 30.3 Å². The van der Waals surface area contributed by atoms with Crippen molar-refractivity contribution < 1.29 is 14.7 Å². The maximum atomic E-state index is 12.6. The van der Waals surface area contributed by atoms with E-state index in [2.05, 4.69) is 0 Å². The Morgan fingerprint density at radius 3 is 2.30 bits per heavy atom. The van der Waals surface area contributed by atoms with Crippen molar-refractivity contribution >= 4 is 11.9 Å². The van der Waals surface area contributed by atoms with E-state index in [-0.39, 0.29) is 11.8 Å². The Bertz CT molecular complexity index is 491. The van der Waals surface area contributed by atoms with E-state index in [4.69, 9.17) is 10.8 Å². The van der Waals surface area contributed by atoms with E-state index in [0.717, 1.165) is 5.56 Å². The molecule has 0 aromatic heterocycles. The smallest absolute Gasteiger partial charge is 0.306 e. The third-order valence-corrected chi connectivity index (χ3v) is 3.95. The Hall–Kier alpha value is -1.88. The lowest BCUT2D eigenvalue weighted by molar-refractivity contribution is -0.147. The summed E-state index contributed by atoms with van der Waals surface area (Å²) in [5.41, 5.74) is 5.90. The van der Waals surface area contributed by atoms with Crippen LogP contribution in [-0.2, 0) is 15.1 Å². The molecule has 1 aliphatic rings. The number of rotatable bonds is 3. The lowest BCUT2D eigenvalue weighted by Crippen LogP contribution is -2.53. The van der Waals surface area contributed by atoms with Gasteiger partial charge in [0.05, 0.1) is 5.92 Å². The van der Waals surface area contributed by atoms with Crippen LogP contribution in [-0.4, -0.2) is 35.0 Å². The van der Waals surface area contributed by atoms with Crippen molar-refractivity contribution in [1.82, 2.24) is 4.90 Å². The molecule has 0 saturated carbocycles. The molecule has 0 spiro atoms. The minimum Gasteiger partial charge on any atom is -0.481 e. The Kier molecular flexibility index (Phi) is 4.09. The molecular weight excluding hydrogens is 256 g/mol. The van der Waals surface area contributed by atoms with Crippen LogP contribution in [0.3, 0.4) is 0 Å². The topological polar surface area (TPSA) is 83.6 Å². The third kappa shape index (κ3) is 2.82. The van der Waals surface area contributed by atoms with E-state index in [9.17, 15) is 9.59 Å². The largest absolute Gasteiger partial charge is 0.481 e. The van der Waals surface area contributed by atoms with Crippen LogP contribution in [0, 0.1) is 5.92 Å². The molecule has 1 heterocycles. The quantitative estimate of drug-likeness (QED) is 0.868. The lowest BCUT2D eigenvalue weighted by Gasteiger charge is -2.36. The number of amides is 1. The first-order valence-corrected chi connectivity index (χ1v) is 6.79. The summed E-state index contributed by atoms with van der Waals surface area (Å²) < 4.78 is 0. The second-order valence-electron chi connectivity index (χ2n) is 5.47. The molecule has 1 saturated heterocycles. The number of carboxylic acids is 1. The summed E-state index contributed by atoms with van der Waals surface area (Å²) in [6, 6.07) is 9.25. The Morgan fingerprint density at radius 2 is 1.80 bits per heavy atom. The predicted molar refractivity (Wildman–Crippen MR) is 74.9 cm³/mol. The van der Waals surface area contributed by atoms with Gasteiger partial charge in [-0.2, -0.15) is 0 Å². The average molecular weight is 276 g/mol. The van der Waals surface area contributed by atoms with Crippen molar-refractivity contribution in [3.63, 3.8) is 0 Å². The van der Waals surface area contributed by atoms with Gasteiger partial charge in [0, 0.05) is 13.1 Å². The Morgan fingerprint density at radius 1 is 1.25 bits per heavy atom. The van der Waals surface area contributed by atoms with Gasteiger partial charge in [-0.15, -0.1) is 0 Å². The molecule has 0 radical (unpaired) electrons. The van der Waals surface area contributed by atoms with Crippen molar-refractivity contribution in [2.24, 2.45) is 11.7 Å². The molecule has 108 valence electrons. The first-order chi connectivity index (χ1) is 9.43. The summed E-state index contributed by atoms with van der Waals surface area (Å²) in [6.07, 6.45) is 0.984. The number of carbonyl (C=O) groups is 2. The van der Waals surface area contributed by atoms with Crippen LogP contribution in [0.25, 0.3) is 0 Å². The van der Waals surface area contributed by atoms with Crippen molar-refractivity contribution in [2.75, 3.05) is 13.1 Å². The van der Waals surface area contributed by atoms with E-state index in [1.165, 1.54) is 0 Å². The number of benzene rings is 1. The summed E-state index contributed by atoms with van der Waals surface area (Å²) in [5.74, 6) is -1.27. The maximum Gasteiger partial charge on any atom is 0.306 e. The zero-order chi connectivity index (χ0) is 14.8. The van der Waals surface area contributed by atoms with E-state index in [0.29, 0.717) is 25.9 Å². The lowest BCUT2D eigenvalue weighted by atomic mass is 9.89.